The minimum absolute atomic E-state index is 0.0830. The molecule has 0 unspecified atom stereocenters. The molecule has 1 saturated carbocycles. The molecule has 0 atom stereocenters. The van der Waals surface area contributed by atoms with Crippen LogP contribution in [0.15, 0.2) is 0 Å². The third-order valence-corrected chi connectivity index (χ3v) is 3.39. The summed E-state index contributed by atoms with van der Waals surface area (Å²) in [5.74, 6) is 2.49. The summed E-state index contributed by atoms with van der Waals surface area (Å²) in [5, 5.41) is 12.1. The minimum Gasteiger partial charge on any atom is -0.355 e. The smallest absolute Gasteiger partial charge is 0.240 e. The molecule has 3 nitrogen and oxygen atoms in total. The number of nitriles is 1. The van der Waals surface area contributed by atoms with Crippen LogP contribution in [-0.2, 0) is 4.79 Å². The zero-order valence-corrected chi connectivity index (χ0v) is 10.3. The van der Waals surface area contributed by atoms with Gasteiger partial charge in [-0.25, -0.2) is 0 Å². The summed E-state index contributed by atoms with van der Waals surface area (Å²) in [4.78, 5) is 12.0. The number of nitrogens with one attached hydrogen (secondary N) is 1. The number of carbonyl (C=O) groups excluding carboxylic acids is 1. The van der Waals surface area contributed by atoms with E-state index >= 15 is 0 Å². The SMILES string of the molecule is C#CCCCCNC(=O)C1(C#N)CCCCC1. The number of hydrogen-bond acceptors (Lipinski definition) is 2. The van der Waals surface area contributed by atoms with E-state index in [0.717, 1.165) is 38.5 Å². The molecule has 1 rings (SSSR count). The molecule has 0 radical (unpaired) electrons. The number of rotatable bonds is 5. The molecule has 0 aliphatic heterocycles. The number of amides is 1. The second-order valence-corrected chi connectivity index (χ2v) is 4.67. The van der Waals surface area contributed by atoms with Crippen LogP contribution >= 0.6 is 0 Å². The summed E-state index contributed by atoms with van der Waals surface area (Å²) in [6.07, 6.45) is 12.2. The van der Waals surface area contributed by atoms with Crippen molar-refractivity contribution in [1.29, 1.82) is 5.26 Å². The van der Waals surface area contributed by atoms with Crippen molar-refractivity contribution in [2.45, 2.75) is 51.4 Å². The Morgan fingerprint density at radius 1 is 1.29 bits per heavy atom. The molecule has 0 heterocycles. The van der Waals surface area contributed by atoms with Crippen molar-refractivity contribution in [3.8, 4) is 18.4 Å². The van der Waals surface area contributed by atoms with Gasteiger partial charge in [0.2, 0.25) is 5.91 Å². The van der Waals surface area contributed by atoms with E-state index < -0.39 is 5.41 Å². The first-order valence-electron chi connectivity index (χ1n) is 6.38. The van der Waals surface area contributed by atoms with Gasteiger partial charge >= 0.3 is 0 Å². The van der Waals surface area contributed by atoms with Gasteiger partial charge in [0, 0.05) is 13.0 Å². The number of nitrogens with zero attached hydrogens (tertiary/aromatic N) is 1. The van der Waals surface area contributed by atoms with Gasteiger partial charge < -0.3 is 5.32 Å². The summed E-state index contributed by atoms with van der Waals surface area (Å²) in [6, 6.07) is 2.22. The van der Waals surface area contributed by atoms with E-state index in [4.69, 9.17) is 6.42 Å². The highest BCUT2D eigenvalue weighted by molar-refractivity contribution is 5.85. The topological polar surface area (TPSA) is 52.9 Å². The first kappa shape index (κ1) is 13.6. The number of terminal acetylenes is 1. The van der Waals surface area contributed by atoms with Gasteiger partial charge in [0.15, 0.2) is 0 Å². The predicted octanol–water partition coefficient (Wildman–Crippen LogP) is 2.38. The van der Waals surface area contributed by atoms with Crippen molar-refractivity contribution in [1.82, 2.24) is 5.32 Å². The van der Waals surface area contributed by atoms with Crippen molar-refractivity contribution >= 4 is 5.91 Å². The van der Waals surface area contributed by atoms with Crippen molar-refractivity contribution in [2.24, 2.45) is 5.41 Å². The van der Waals surface area contributed by atoms with Crippen LogP contribution in [0.4, 0.5) is 0 Å². The average molecular weight is 232 g/mol. The quantitative estimate of drug-likeness (QED) is 0.584. The van der Waals surface area contributed by atoms with Crippen LogP contribution in [-0.4, -0.2) is 12.5 Å². The highest BCUT2D eigenvalue weighted by Gasteiger charge is 2.39. The Bertz CT molecular complexity index is 329. The van der Waals surface area contributed by atoms with Crippen molar-refractivity contribution in [2.75, 3.05) is 6.54 Å². The van der Waals surface area contributed by atoms with Gasteiger partial charge in [-0.3, -0.25) is 4.79 Å². The van der Waals surface area contributed by atoms with Gasteiger partial charge in [0.1, 0.15) is 5.41 Å². The summed E-state index contributed by atoms with van der Waals surface area (Å²) in [6.45, 7) is 0.629. The lowest BCUT2D eigenvalue weighted by Gasteiger charge is -2.29. The minimum atomic E-state index is -0.760. The monoisotopic (exact) mass is 232 g/mol. The van der Waals surface area contributed by atoms with Crippen molar-refractivity contribution in [3.63, 3.8) is 0 Å². The Morgan fingerprint density at radius 2 is 2.00 bits per heavy atom. The molecule has 17 heavy (non-hydrogen) atoms. The molecule has 0 saturated heterocycles. The van der Waals surface area contributed by atoms with E-state index in [1.165, 1.54) is 0 Å². The first-order chi connectivity index (χ1) is 8.25. The first-order valence-corrected chi connectivity index (χ1v) is 6.38. The Balaban J connectivity index is 2.35. The molecular formula is C14H20N2O. The van der Waals surface area contributed by atoms with Crippen molar-refractivity contribution in [3.05, 3.63) is 0 Å². The lowest BCUT2D eigenvalue weighted by Crippen LogP contribution is -2.41. The van der Waals surface area contributed by atoms with E-state index in [1.54, 1.807) is 0 Å². The summed E-state index contributed by atoms with van der Waals surface area (Å²) in [7, 11) is 0. The van der Waals surface area contributed by atoms with E-state index in [9.17, 15) is 10.1 Å². The van der Waals surface area contributed by atoms with Crippen LogP contribution < -0.4 is 5.32 Å². The van der Waals surface area contributed by atoms with Gasteiger partial charge in [-0.2, -0.15) is 5.26 Å². The number of unbranched alkanes of at least 4 members (excludes halogenated alkanes) is 2. The number of carbonyl (C=O) groups is 1. The fourth-order valence-electron chi connectivity index (χ4n) is 2.27. The second kappa shape index (κ2) is 6.97. The molecule has 0 bridgehead atoms. The van der Waals surface area contributed by atoms with Gasteiger partial charge in [0.05, 0.1) is 6.07 Å². The van der Waals surface area contributed by atoms with E-state index in [1.807, 2.05) is 0 Å². The molecule has 1 aliphatic carbocycles. The molecule has 1 aliphatic rings. The Hall–Kier alpha value is -1.48. The van der Waals surface area contributed by atoms with E-state index in [0.29, 0.717) is 19.4 Å². The maximum atomic E-state index is 12.0. The van der Waals surface area contributed by atoms with Crippen LogP contribution in [0.2, 0.25) is 0 Å². The van der Waals surface area contributed by atoms with Crippen molar-refractivity contribution < 1.29 is 4.79 Å². The second-order valence-electron chi connectivity index (χ2n) is 4.67. The highest BCUT2D eigenvalue weighted by Crippen LogP contribution is 2.35. The van der Waals surface area contributed by atoms with Gasteiger partial charge in [-0.15, -0.1) is 12.3 Å². The zero-order valence-electron chi connectivity index (χ0n) is 10.3. The molecule has 0 spiro atoms. The van der Waals surface area contributed by atoms with Gasteiger partial charge in [-0.05, 0) is 25.7 Å². The lowest BCUT2D eigenvalue weighted by atomic mass is 9.74. The molecule has 92 valence electrons. The molecule has 3 heteroatoms. The van der Waals surface area contributed by atoms with Crippen LogP contribution in [0.25, 0.3) is 0 Å². The molecule has 0 aromatic carbocycles. The van der Waals surface area contributed by atoms with Crippen LogP contribution in [0, 0.1) is 29.1 Å². The number of hydrogen-bond donors (Lipinski definition) is 1. The third-order valence-electron chi connectivity index (χ3n) is 3.39. The van der Waals surface area contributed by atoms with Gasteiger partial charge in [-0.1, -0.05) is 19.3 Å². The fraction of sp³-hybridized carbons (Fsp3) is 0.714. The zero-order chi connectivity index (χ0) is 12.6. The molecule has 1 fully saturated rings. The predicted molar refractivity (Wildman–Crippen MR) is 66.8 cm³/mol. The maximum absolute atomic E-state index is 12.0. The summed E-state index contributed by atoms with van der Waals surface area (Å²) < 4.78 is 0. The van der Waals surface area contributed by atoms with Crippen LogP contribution in [0.3, 0.4) is 0 Å². The normalized spacial score (nSPS) is 17.8. The molecule has 1 amide bonds. The highest BCUT2D eigenvalue weighted by atomic mass is 16.2. The summed E-state index contributed by atoms with van der Waals surface area (Å²) in [5.41, 5.74) is -0.760. The average Bonchev–Trinajstić information content (AvgIpc) is 2.39. The Kier molecular flexibility index (Phi) is 5.57. The fourth-order valence-corrected chi connectivity index (χ4v) is 2.27. The lowest BCUT2D eigenvalue weighted by molar-refractivity contribution is -0.129. The Morgan fingerprint density at radius 3 is 2.59 bits per heavy atom. The van der Waals surface area contributed by atoms with Gasteiger partial charge in [0.25, 0.3) is 0 Å². The van der Waals surface area contributed by atoms with E-state index in [-0.39, 0.29) is 5.91 Å². The molecule has 1 N–H and O–H groups in total. The van der Waals surface area contributed by atoms with Crippen LogP contribution in [0.5, 0.6) is 0 Å². The largest absolute Gasteiger partial charge is 0.355 e. The molecule has 0 aromatic heterocycles. The Labute approximate surface area is 104 Å². The third kappa shape index (κ3) is 3.79. The standard InChI is InChI=1S/C14H20N2O/c1-2-3-4-8-11-16-13(17)14(12-15)9-6-5-7-10-14/h1H,3-11H2,(H,16,17). The summed E-state index contributed by atoms with van der Waals surface area (Å²) >= 11 is 0. The molecule has 0 aromatic rings. The molecular weight excluding hydrogens is 212 g/mol. The van der Waals surface area contributed by atoms with E-state index in [2.05, 4.69) is 17.3 Å². The van der Waals surface area contributed by atoms with Crippen LogP contribution in [0.1, 0.15) is 51.4 Å². The maximum Gasteiger partial charge on any atom is 0.240 e.